The number of benzene rings is 1. The van der Waals surface area contributed by atoms with Crippen LogP contribution in [0.15, 0.2) is 59.4 Å². The number of likely N-dealkylation sites (tertiary alicyclic amines) is 1. The second-order valence-electron chi connectivity index (χ2n) is 11.9. The van der Waals surface area contributed by atoms with E-state index in [0.29, 0.717) is 51.4 Å². The first kappa shape index (κ1) is 31.8. The van der Waals surface area contributed by atoms with Gasteiger partial charge in [0.1, 0.15) is 35.4 Å². The molecular weight excluding hydrogens is 640 g/mol. The number of methoxy groups -OCH3 is 1. The fourth-order valence-corrected chi connectivity index (χ4v) is 7.43. The van der Waals surface area contributed by atoms with Gasteiger partial charge >= 0.3 is 0 Å². The second-order valence-corrected chi connectivity index (χ2v) is 12.9. The summed E-state index contributed by atoms with van der Waals surface area (Å²) < 4.78 is 45.6. The highest BCUT2D eigenvalue weighted by molar-refractivity contribution is 7.18. The van der Waals surface area contributed by atoms with Crippen molar-refractivity contribution in [3.63, 3.8) is 0 Å². The van der Waals surface area contributed by atoms with Crippen LogP contribution in [0.3, 0.4) is 0 Å². The number of hydrogen-bond acceptors (Lipinski definition) is 9. The monoisotopic (exact) mass is 673 g/mol. The van der Waals surface area contributed by atoms with Gasteiger partial charge in [-0.1, -0.05) is 6.58 Å². The second kappa shape index (κ2) is 12.7. The quantitative estimate of drug-likeness (QED) is 0.160. The Kier molecular flexibility index (Phi) is 8.39. The fourth-order valence-electron chi connectivity index (χ4n) is 6.48. The lowest BCUT2D eigenvalue weighted by atomic mass is 9.96. The summed E-state index contributed by atoms with van der Waals surface area (Å²) in [5, 5.41) is 11.9. The third-order valence-electron chi connectivity index (χ3n) is 8.87. The molecule has 1 fully saturated rings. The summed E-state index contributed by atoms with van der Waals surface area (Å²) in [5.41, 5.74) is 2.60. The average Bonchev–Trinajstić information content (AvgIpc) is 3.71. The van der Waals surface area contributed by atoms with Gasteiger partial charge in [-0.15, -0.1) is 11.3 Å². The van der Waals surface area contributed by atoms with Crippen molar-refractivity contribution < 1.29 is 23.0 Å². The van der Waals surface area contributed by atoms with E-state index in [9.17, 15) is 14.0 Å². The SMILES string of the molecule is C=CC(=O)N1CCn2nc(-c3nc(-c4cnn(C5CN(C)C5)c(=O)c4)c4ccsc4c3-c3c(F)cc(F)cc3OCCOC)cc2C1C. The molecule has 1 unspecified atom stereocenters. The average molecular weight is 674 g/mol. The zero-order chi connectivity index (χ0) is 33.7. The van der Waals surface area contributed by atoms with Crippen molar-refractivity contribution in [2.45, 2.75) is 25.6 Å². The van der Waals surface area contributed by atoms with Crippen LogP contribution in [0, 0.1) is 11.6 Å². The lowest BCUT2D eigenvalue weighted by molar-refractivity contribution is -0.129. The Bertz CT molecular complexity index is 2120. The number of carbonyl (C=O) groups excluding carboxylic acids is 1. The van der Waals surface area contributed by atoms with Gasteiger partial charge in [0.05, 0.1) is 48.4 Å². The maximum Gasteiger partial charge on any atom is 0.267 e. The number of thiophene rings is 1. The number of carbonyl (C=O) groups is 1. The molecule has 0 radical (unpaired) electrons. The number of hydrogen-bond donors (Lipinski definition) is 0. The highest BCUT2D eigenvalue weighted by atomic mass is 32.1. The van der Waals surface area contributed by atoms with Crippen LogP contribution in [0.2, 0.25) is 0 Å². The van der Waals surface area contributed by atoms with Crippen LogP contribution < -0.4 is 10.3 Å². The van der Waals surface area contributed by atoms with Crippen molar-refractivity contribution in [2.24, 2.45) is 0 Å². The number of nitrogens with zero attached hydrogens (tertiary/aromatic N) is 7. The van der Waals surface area contributed by atoms with Crippen molar-refractivity contribution in [1.82, 2.24) is 34.3 Å². The number of fused-ring (bicyclic) bond motifs is 2. The van der Waals surface area contributed by atoms with Crippen LogP contribution in [0.5, 0.6) is 5.75 Å². The summed E-state index contributed by atoms with van der Waals surface area (Å²) in [7, 11) is 3.49. The lowest BCUT2D eigenvalue weighted by Crippen LogP contribution is -2.48. The van der Waals surface area contributed by atoms with E-state index in [1.54, 1.807) is 11.1 Å². The number of aromatic nitrogens is 5. The van der Waals surface area contributed by atoms with Gasteiger partial charge in [-0.25, -0.2) is 18.4 Å². The zero-order valence-electron chi connectivity index (χ0n) is 26.7. The van der Waals surface area contributed by atoms with Gasteiger partial charge in [0, 0.05) is 66.2 Å². The van der Waals surface area contributed by atoms with Gasteiger partial charge in [-0.2, -0.15) is 10.2 Å². The molecule has 2 aliphatic heterocycles. The smallest absolute Gasteiger partial charge is 0.267 e. The van der Waals surface area contributed by atoms with Crippen LogP contribution in [-0.4, -0.2) is 87.3 Å². The molecule has 1 atom stereocenters. The van der Waals surface area contributed by atoms with Gasteiger partial charge in [-0.05, 0) is 37.6 Å². The number of amides is 1. The Morgan fingerprint density at radius 2 is 1.94 bits per heavy atom. The van der Waals surface area contributed by atoms with E-state index < -0.39 is 11.6 Å². The minimum atomic E-state index is -0.831. The molecule has 0 aliphatic carbocycles. The van der Waals surface area contributed by atoms with Gasteiger partial charge in [0.25, 0.3) is 5.56 Å². The van der Waals surface area contributed by atoms with E-state index in [1.807, 2.05) is 36.2 Å². The number of likely N-dealkylation sites (N-methyl/N-ethyl adjacent to an activating group) is 1. The van der Waals surface area contributed by atoms with Crippen LogP contribution in [0.4, 0.5) is 8.78 Å². The van der Waals surface area contributed by atoms with Crippen molar-refractivity contribution in [1.29, 1.82) is 0 Å². The topological polar surface area (TPSA) is 108 Å². The molecule has 11 nitrogen and oxygen atoms in total. The molecule has 0 saturated carbocycles. The zero-order valence-corrected chi connectivity index (χ0v) is 27.5. The maximum absolute atomic E-state index is 16.1. The largest absolute Gasteiger partial charge is 0.490 e. The summed E-state index contributed by atoms with van der Waals surface area (Å²) in [5.74, 6) is -1.83. The molecule has 5 aromatic rings. The van der Waals surface area contributed by atoms with E-state index in [-0.39, 0.29) is 48.1 Å². The van der Waals surface area contributed by atoms with E-state index >= 15 is 4.39 Å². The minimum Gasteiger partial charge on any atom is -0.490 e. The molecular formula is C34H33F2N7O4S. The number of pyridine rings is 1. The highest BCUT2D eigenvalue weighted by Crippen LogP contribution is 2.47. The van der Waals surface area contributed by atoms with E-state index in [4.69, 9.17) is 19.6 Å². The molecule has 48 heavy (non-hydrogen) atoms. The Hall–Kier alpha value is -4.79. The molecule has 1 saturated heterocycles. The summed E-state index contributed by atoms with van der Waals surface area (Å²) in [6.45, 7) is 8.12. The van der Waals surface area contributed by atoms with Gasteiger partial charge in [0.15, 0.2) is 0 Å². The van der Waals surface area contributed by atoms with E-state index in [0.717, 1.165) is 30.9 Å². The third kappa shape index (κ3) is 5.49. The van der Waals surface area contributed by atoms with Crippen molar-refractivity contribution in [3.8, 4) is 39.5 Å². The normalized spacial score (nSPS) is 16.6. The number of rotatable bonds is 9. The van der Waals surface area contributed by atoms with Gasteiger partial charge in [-0.3, -0.25) is 14.3 Å². The molecule has 7 rings (SSSR count). The summed E-state index contributed by atoms with van der Waals surface area (Å²) >= 11 is 1.36. The Balaban J connectivity index is 1.46. The number of ether oxygens (including phenoxy) is 2. The van der Waals surface area contributed by atoms with Crippen molar-refractivity contribution in [3.05, 3.63) is 82.2 Å². The van der Waals surface area contributed by atoms with Crippen LogP contribution in [0.25, 0.3) is 43.9 Å². The Labute approximate surface area is 278 Å². The first-order chi connectivity index (χ1) is 23.2. The van der Waals surface area contributed by atoms with Crippen LogP contribution >= 0.6 is 11.3 Å². The first-order valence-corrected chi connectivity index (χ1v) is 16.4. The maximum atomic E-state index is 16.1. The molecule has 1 amide bonds. The van der Waals surface area contributed by atoms with E-state index in [2.05, 4.69) is 16.6 Å². The molecule has 0 spiro atoms. The Morgan fingerprint density at radius 1 is 1.12 bits per heavy atom. The summed E-state index contributed by atoms with van der Waals surface area (Å²) in [6.07, 6.45) is 2.91. The molecule has 2 aliphatic rings. The fraction of sp³-hybridized carbons (Fsp3) is 0.324. The summed E-state index contributed by atoms with van der Waals surface area (Å²) in [6, 6.07) is 6.84. The molecule has 4 aromatic heterocycles. The predicted molar refractivity (Wildman–Crippen MR) is 178 cm³/mol. The summed E-state index contributed by atoms with van der Waals surface area (Å²) in [4.78, 5) is 34.8. The van der Waals surface area contributed by atoms with Gasteiger partial charge in [0.2, 0.25) is 5.91 Å². The standard InChI is InChI=1S/C34H33F2N7O4S/c1-5-28(44)41-7-8-42-26(19(41)2)15-25(39-42)33-31(30-24(36)13-21(35)14-27(30)47-10-9-46-4)34-23(6-11-48-34)32(38-33)20-12-29(45)43(37-16-20)22-17-40(3)18-22/h5-6,11-16,19,22H,1,7-10,17-18H2,2-4H3. The molecule has 6 heterocycles. The molecule has 1 aromatic carbocycles. The number of halogens is 2. The minimum absolute atomic E-state index is 0.00650. The molecule has 248 valence electrons. The Morgan fingerprint density at radius 3 is 2.67 bits per heavy atom. The van der Waals surface area contributed by atoms with E-state index in [1.165, 1.54) is 35.3 Å². The van der Waals surface area contributed by atoms with Crippen LogP contribution in [-0.2, 0) is 16.1 Å². The molecule has 0 N–H and O–H groups in total. The van der Waals surface area contributed by atoms with Gasteiger partial charge < -0.3 is 19.3 Å². The van der Waals surface area contributed by atoms with Crippen molar-refractivity contribution in [2.75, 3.05) is 47.0 Å². The van der Waals surface area contributed by atoms with Crippen molar-refractivity contribution >= 4 is 27.3 Å². The first-order valence-electron chi connectivity index (χ1n) is 15.5. The third-order valence-corrected chi connectivity index (χ3v) is 9.80. The lowest BCUT2D eigenvalue weighted by Gasteiger charge is -2.36. The van der Waals surface area contributed by atoms with Crippen LogP contribution in [0.1, 0.15) is 24.7 Å². The molecule has 0 bridgehead atoms. The highest BCUT2D eigenvalue weighted by Gasteiger charge is 2.32. The predicted octanol–water partition coefficient (Wildman–Crippen LogP) is 4.93. The molecule has 14 heteroatoms.